The molecule has 0 spiro atoms. The highest BCUT2D eigenvalue weighted by Gasteiger charge is 2.23. The molecule has 5 nitrogen and oxygen atoms in total. The molecular weight excluding hydrogens is 300 g/mol. The molecule has 0 unspecified atom stereocenters. The molecule has 1 N–H and O–H groups in total. The summed E-state index contributed by atoms with van der Waals surface area (Å²) in [6, 6.07) is 10.2. The molecule has 0 radical (unpaired) electrons. The lowest BCUT2D eigenvalue weighted by Crippen LogP contribution is -2.39. The standard InChI is InChI=1S/C19H22N4O/c1-13-12-14(2)22-19(21-13)23-10-7-15(8-11-23)24-18-5-3-4-17-16(18)6-9-20-17/h3-6,9,12,15,20H,7-8,10-11H2,1-2H3. The second-order valence-electron chi connectivity index (χ2n) is 6.45. The Labute approximate surface area is 141 Å². The Morgan fingerprint density at radius 3 is 2.58 bits per heavy atom. The first-order chi connectivity index (χ1) is 11.7. The third-order valence-electron chi connectivity index (χ3n) is 4.54. The van der Waals surface area contributed by atoms with E-state index >= 15 is 0 Å². The number of H-pyrrole nitrogens is 1. The number of rotatable bonds is 3. The molecule has 1 saturated heterocycles. The second kappa shape index (κ2) is 6.15. The van der Waals surface area contributed by atoms with E-state index in [0.29, 0.717) is 0 Å². The van der Waals surface area contributed by atoms with Crippen molar-refractivity contribution in [3.05, 3.63) is 47.9 Å². The first-order valence-electron chi connectivity index (χ1n) is 8.49. The number of piperidine rings is 1. The minimum atomic E-state index is 0.243. The summed E-state index contributed by atoms with van der Waals surface area (Å²) in [5, 5.41) is 1.15. The monoisotopic (exact) mass is 322 g/mol. The zero-order valence-corrected chi connectivity index (χ0v) is 14.1. The quantitative estimate of drug-likeness (QED) is 0.800. The molecule has 4 rings (SSSR count). The van der Waals surface area contributed by atoms with Crippen LogP contribution in [0.3, 0.4) is 0 Å². The Bertz CT molecular complexity index is 829. The van der Waals surface area contributed by atoms with Gasteiger partial charge in [0.1, 0.15) is 11.9 Å². The first kappa shape index (κ1) is 15.0. The minimum absolute atomic E-state index is 0.243. The average Bonchev–Trinajstić information content (AvgIpc) is 3.04. The molecule has 0 amide bonds. The number of fused-ring (bicyclic) bond motifs is 1. The molecule has 0 aliphatic carbocycles. The van der Waals surface area contributed by atoms with Gasteiger partial charge < -0.3 is 14.6 Å². The third-order valence-corrected chi connectivity index (χ3v) is 4.54. The molecule has 124 valence electrons. The number of aryl methyl sites for hydroxylation is 2. The van der Waals surface area contributed by atoms with Crippen LogP contribution in [0.25, 0.3) is 10.9 Å². The Kier molecular flexibility index (Phi) is 3.84. The van der Waals surface area contributed by atoms with Crippen LogP contribution in [0, 0.1) is 13.8 Å². The fraction of sp³-hybridized carbons (Fsp3) is 0.368. The molecule has 5 heteroatoms. The Balaban J connectivity index is 1.44. The van der Waals surface area contributed by atoms with Crippen LogP contribution in [0.2, 0.25) is 0 Å². The lowest BCUT2D eigenvalue weighted by atomic mass is 10.1. The highest BCUT2D eigenvalue weighted by atomic mass is 16.5. The Morgan fingerprint density at radius 1 is 1.08 bits per heavy atom. The summed E-state index contributed by atoms with van der Waals surface area (Å²) in [6.45, 7) is 5.89. The van der Waals surface area contributed by atoms with Gasteiger partial charge in [-0.05, 0) is 38.1 Å². The van der Waals surface area contributed by atoms with Crippen molar-refractivity contribution in [3.63, 3.8) is 0 Å². The van der Waals surface area contributed by atoms with Crippen LogP contribution in [0.1, 0.15) is 24.2 Å². The number of hydrogen-bond acceptors (Lipinski definition) is 4. The maximum Gasteiger partial charge on any atom is 0.225 e. The number of hydrogen-bond donors (Lipinski definition) is 1. The summed E-state index contributed by atoms with van der Waals surface area (Å²) in [5.41, 5.74) is 3.17. The fourth-order valence-electron chi connectivity index (χ4n) is 3.36. The van der Waals surface area contributed by atoms with Crippen molar-refractivity contribution in [1.29, 1.82) is 0 Å². The number of nitrogens with one attached hydrogen (secondary N) is 1. The highest BCUT2D eigenvalue weighted by molar-refractivity contribution is 5.85. The summed E-state index contributed by atoms with van der Waals surface area (Å²) < 4.78 is 6.27. The van der Waals surface area contributed by atoms with E-state index in [1.54, 1.807) is 0 Å². The predicted molar refractivity (Wildman–Crippen MR) is 95.7 cm³/mol. The van der Waals surface area contributed by atoms with E-state index in [0.717, 1.165) is 59.9 Å². The van der Waals surface area contributed by atoms with Gasteiger partial charge in [-0.2, -0.15) is 0 Å². The lowest BCUT2D eigenvalue weighted by Gasteiger charge is -2.32. The van der Waals surface area contributed by atoms with E-state index < -0.39 is 0 Å². The molecule has 1 aromatic carbocycles. The molecule has 0 bridgehead atoms. The van der Waals surface area contributed by atoms with Crippen LogP contribution < -0.4 is 9.64 Å². The summed E-state index contributed by atoms with van der Waals surface area (Å²) in [5.74, 6) is 1.81. The van der Waals surface area contributed by atoms with Crippen molar-refractivity contribution in [2.45, 2.75) is 32.8 Å². The van der Waals surface area contributed by atoms with Gasteiger partial charge in [-0.15, -0.1) is 0 Å². The fourth-order valence-corrected chi connectivity index (χ4v) is 3.36. The Morgan fingerprint density at radius 2 is 1.83 bits per heavy atom. The normalized spacial score (nSPS) is 15.8. The lowest BCUT2D eigenvalue weighted by molar-refractivity contribution is 0.172. The van der Waals surface area contributed by atoms with Crippen LogP contribution in [-0.4, -0.2) is 34.1 Å². The molecule has 1 fully saturated rings. The molecule has 24 heavy (non-hydrogen) atoms. The van der Waals surface area contributed by atoms with Crippen LogP contribution in [0.4, 0.5) is 5.95 Å². The predicted octanol–water partition coefficient (Wildman–Crippen LogP) is 3.62. The molecule has 1 aliphatic heterocycles. The molecule has 3 aromatic rings. The molecule has 0 atom stereocenters. The first-order valence-corrected chi connectivity index (χ1v) is 8.49. The van der Waals surface area contributed by atoms with Gasteiger partial charge in [0.05, 0.1) is 0 Å². The van der Waals surface area contributed by atoms with Crippen LogP contribution in [0.5, 0.6) is 5.75 Å². The van der Waals surface area contributed by atoms with E-state index in [1.807, 2.05) is 32.2 Å². The van der Waals surface area contributed by atoms with Gasteiger partial charge >= 0.3 is 0 Å². The molecular formula is C19H22N4O. The van der Waals surface area contributed by atoms with Gasteiger partial charge in [0, 0.05) is 54.4 Å². The third kappa shape index (κ3) is 2.94. The minimum Gasteiger partial charge on any atom is -0.490 e. The van der Waals surface area contributed by atoms with Crippen molar-refractivity contribution in [2.75, 3.05) is 18.0 Å². The maximum absolute atomic E-state index is 6.27. The molecule has 1 aliphatic rings. The van der Waals surface area contributed by atoms with E-state index in [-0.39, 0.29) is 6.10 Å². The number of nitrogens with zero attached hydrogens (tertiary/aromatic N) is 3. The van der Waals surface area contributed by atoms with Gasteiger partial charge in [0.2, 0.25) is 5.95 Å². The SMILES string of the molecule is Cc1cc(C)nc(N2CCC(Oc3cccc4[nH]ccc34)CC2)n1. The number of anilines is 1. The number of benzene rings is 1. The Hall–Kier alpha value is -2.56. The van der Waals surface area contributed by atoms with Crippen molar-refractivity contribution in [2.24, 2.45) is 0 Å². The smallest absolute Gasteiger partial charge is 0.225 e. The van der Waals surface area contributed by atoms with Crippen molar-refractivity contribution < 1.29 is 4.74 Å². The molecule has 3 heterocycles. The largest absolute Gasteiger partial charge is 0.490 e. The van der Waals surface area contributed by atoms with Crippen LogP contribution >= 0.6 is 0 Å². The maximum atomic E-state index is 6.27. The summed E-state index contributed by atoms with van der Waals surface area (Å²) in [4.78, 5) is 14.6. The number of aromatic amines is 1. The zero-order valence-electron chi connectivity index (χ0n) is 14.1. The van der Waals surface area contributed by atoms with Crippen molar-refractivity contribution >= 4 is 16.9 Å². The van der Waals surface area contributed by atoms with Gasteiger partial charge in [0.15, 0.2) is 0 Å². The number of ether oxygens (including phenoxy) is 1. The summed E-state index contributed by atoms with van der Waals surface area (Å²) in [6.07, 6.45) is 4.17. The van der Waals surface area contributed by atoms with Gasteiger partial charge in [-0.3, -0.25) is 0 Å². The van der Waals surface area contributed by atoms with Crippen LogP contribution in [0.15, 0.2) is 36.5 Å². The zero-order chi connectivity index (χ0) is 16.5. The van der Waals surface area contributed by atoms with Gasteiger partial charge in [-0.1, -0.05) is 6.07 Å². The average molecular weight is 322 g/mol. The van der Waals surface area contributed by atoms with Gasteiger partial charge in [0.25, 0.3) is 0 Å². The van der Waals surface area contributed by atoms with Crippen molar-refractivity contribution in [1.82, 2.24) is 15.0 Å². The number of aromatic nitrogens is 3. The van der Waals surface area contributed by atoms with E-state index in [1.165, 1.54) is 0 Å². The van der Waals surface area contributed by atoms with E-state index in [9.17, 15) is 0 Å². The summed E-state index contributed by atoms with van der Waals surface area (Å²) in [7, 11) is 0. The van der Waals surface area contributed by atoms with E-state index in [4.69, 9.17) is 4.74 Å². The summed E-state index contributed by atoms with van der Waals surface area (Å²) >= 11 is 0. The van der Waals surface area contributed by atoms with E-state index in [2.05, 4.69) is 38.1 Å². The highest BCUT2D eigenvalue weighted by Crippen LogP contribution is 2.28. The van der Waals surface area contributed by atoms with Gasteiger partial charge in [-0.25, -0.2) is 9.97 Å². The molecule has 0 saturated carbocycles. The topological polar surface area (TPSA) is 54.0 Å². The van der Waals surface area contributed by atoms with Crippen LogP contribution in [-0.2, 0) is 0 Å². The second-order valence-corrected chi connectivity index (χ2v) is 6.45. The molecule has 2 aromatic heterocycles. The van der Waals surface area contributed by atoms with Crippen molar-refractivity contribution in [3.8, 4) is 5.75 Å².